The molecular formula is C15H24ClNO3. The van der Waals surface area contributed by atoms with Crippen molar-refractivity contribution in [2.75, 3.05) is 33.5 Å². The van der Waals surface area contributed by atoms with Gasteiger partial charge in [0.2, 0.25) is 0 Å². The molecule has 0 bridgehead atoms. The highest BCUT2D eigenvalue weighted by Crippen LogP contribution is 2.29. The van der Waals surface area contributed by atoms with Gasteiger partial charge in [0.1, 0.15) is 5.75 Å². The zero-order valence-electron chi connectivity index (χ0n) is 12.2. The first-order valence-electron chi connectivity index (χ1n) is 6.87. The standard InChI is InChI=1S/C15H24ClNO3/c1-12(17)11-13-5-3-6-14(16)15(13)20-8-4-7-19-10-9-18-2/h3,5-6,12H,4,7-11,17H2,1-2H3. The molecule has 1 atom stereocenters. The number of ether oxygens (including phenoxy) is 3. The van der Waals surface area contributed by atoms with Crippen LogP contribution in [0.4, 0.5) is 0 Å². The molecular weight excluding hydrogens is 278 g/mol. The van der Waals surface area contributed by atoms with E-state index in [1.54, 1.807) is 7.11 Å². The van der Waals surface area contributed by atoms with Gasteiger partial charge in [-0.05, 0) is 25.0 Å². The molecule has 2 N–H and O–H groups in total. The van der Waals surface area contributed by atoms with Gasteiger partial charge in [0.05, 0.1) is 24.8 Å². The summed E-state index contributed by atoms with van der Waals surface area (Å²) in [6.07, 6.45) is 1.56. The Balaban J connectivity index is 2.38. The zero-order valence-corrected chi connectivity index (χ0v) is 13.0. The average molecular weight is 302 g/mol. The van der Waals surface area contributed by atoms with Crippen LogP contribution in [-0.2, 0) is 15.9 Å². The molecule has 114 valence electrons. The minimum Gasteiger partial charge on any atom is -0.492 e. The van der Waals surface area contributed by atoms with E-state index in [-0.39, 0.29) is 6.04 Å². The SMILES string of the molecule is COCCOCCCOc1c(Cl)cccc1CC(C)N. The van der Waals surface area contributed by atoms with Crippen molar-refractivity contribution in [1.29, 1.82) is 0 Å². The van der Waals surface area contributed by atoms with Crippen LogP contribution in [0, 0.1) is 0 Å². The summed E-state index contributed by atoms with van der Waals surface area (Å²) in [4.78, 5) is 0. The van der Waals surface area contributed by atoms with Crippen LogP contribution in [0.3, 0.4) is 0 Å². The first kappa shape index (κ1) is 17.2. The molecule has 0 aromatic heterocycles. The fourth-order valence-electron chi connectivity index (χ4n) is 1.80. The van der Waals surface area contributed by atoms with Crippen LogP contribution in [0.5, 0.6) is 5.75 Å². The van der Waals surface area contributed by atoms with E-state index in [1.165, 1.54) is 0 Å². The average Bonchev–Trinajstić information content (AvgIpc) is 2.40. The lowest BCUT2D eigenvalue weighted by Gasteiger charge is -2.14. The van der Waals surface area contributed by atoms with E-state index < -0.39 is 0 Å². The Hall–Kier alpha value is -0.810. The maximum absolute atomic E-state index is 6.18. The van der Waals surface area contributed by atoms with Crippen molar-refractivity contribution in [3.8, 4) is 5.75 Å². The van der Waals surface area contributed by atoms with E-state index in [1.807, 2.05) is 25.1 Å². The summed E-state index contributed by atoms with van der Waals surface area (Å²) in [6, 6.07) is 5.82. The third kappa shape index (κ3) is 6.57. The van der Waals surface area contributed by atoms with Gasteiger partial charge in [-0.1, -0.05) is 23.7 Å². The molecule has 4 nitrogen and oxygen atoms in total. The second-order valence-electron chi connectivity index (χ2n) is 4.72. The van der Waals surface area contributed by atoms with Gasteiger partial charge in [0.25, 0.3) is 0 Å². The third-order valence-electron chi connectivity index (χ3n) is 2.70. The maximum atomic E-state index is 6.18. The molecule has 0 heterocycles. The van der Waals surface area contributed by atoms with E-state index in [4.69, 9.17) is 31.5 Å². The van der Waals surface area contributed by atoms with Crippen molar-refractivity contribution in [3.63, 3.8) is 0 Å². The van der Waals surface area contributed by atoms with Gasteiger partial charge >= 0.3 is 0 Å². The minimum absolute atomic E-state index is 0.0770. The lowest BCUT2D eigenvalue weighted by molar-refractivity contribution is 0.0644. The van der Waals surface area contributed by atoms with Crippen LogP contribution in [0.15, 0.2) is 18.2 Å². The fraction of sp³-hybridized carbons (Fsp3) is 0.600. The summed E-state index contributed by atoms with van der Waals surface area (Å²) in [5, 5.41) is 0.628. The topological polar surface area (TPSA) is 53.7 Å². The molecule has 20 heavy (non-hydrogen) atoms. The molecule has 0 aliphatic carbocycles. The van der Waals surface area contributed by atoms with Crippen LogP contribution in [0.2, 0.25) is 5.02 Å². The number of para-hydroxylation sites is 1. The highest BCUT2D eigenvalue weighted by atomic mass is 35.5. The van der Waals surface area contributed by atoms with Gasteiger partial charge < -0.3 is 19.9 Å². The summed E-state index contributed by atoms with van der Waals surface area (Å²) >= 11 is 6.18. The molecule has 1 rings (SSSR count). The van der Waals surface area contributed by atoms with Gasteiger partial charge in [0.15, 0.2) is 0 Å². The van der Waals surface area contributed by atoms with E-state index in [0.29, 0.717) is 31.5 Å². The largest absolute Gasteiger partial charge is 0.492 e. The highest BCUT2D eigenvalue weighted by molar-refractivity contribution is 6.32. The van der Waals surface area contributed by atoms with Gasteiger partial charge in [-0.25, -0.2) is 0 Å². The maximum Gasteiger partial charge on any atom is 0.141 e. The minimum atomic E-state index is 0.0770. The highest BCUT2D eigenvalue weighted by Gasteiger charge is 2.10. The number of benzene rings is 1. The lowest BCUT2D eigenvalue weighted by atomic mass is 10.1. The first-order chi connectivity index (χ1) is 9.65. The molecule has 0 aliphatic heterocycles. The Morgan fingerprint density at radius 2 is 2.00 bits per heavy atom. The quantitative estimate of drug-likeness (QED) is 0.675. The predicted octanol–water partition coefficient (Wildman–Crippen LogP) is 2.66. The molecule has 0 saturated carbocycles. The van der Waals surface area contributed by atoms with Crippen molar-refractivity contribution in [3.05, 3.63) is 28.8 Å². The molecule has 0 amide bonds. The molecule has 0 fully saturated rings. The molecule has 0 radical (unpaired) electrons. The van der Waals surface area contributed by atoms with Crippen molar-refractivity contribution in [2.45, 2.75) is 25.8 Å². The molecule has 0 spiro atoms. The molecule has 5 heteroatoms. The summed E-state index contributed by atoms with van der Waals surface area (Å²) in [5.74, 6) is 0.739. The Morgan fingerprint density at radius 1 is 1.20 bits per heavy atom. The summed E-state index contributed by atoms with van der Waals surface area (Å²) in [7, 11) is 1.66. The number of hydrogen-bond donors (Lipinski definition) is 1. The van der Waals surface area contributed by atoms with Crippen molar-refractivity contribution in [1.82, 2.24) is 0 Å². The summed E-state index contributed by atoms with van der Waals surface area (Å²) in [5.41, 5.74) is 6.88. The van der Waals surface area contributed by atoms with Gasteiger partial charge in [-0.15, -0.1) is 0 Å². The number of methoxy groups -OCH3 is 1. The predicted molar refractivity (Wildman–Crippen MR) is 81.6 cm³/mol. The number of halogens is 1. The van der Waals surface area contributed by atoms with Crippen LogP contribution in [0.1, 0.15) is 18.9 Å². The van der Waals surface area contributed by atoms with Crippen LogP contribution in [0.25, 0.3) is 0 Å². The van der Waals surface area contributed by atoms with Gasteiger partial charge in [-0.3, -0.25) is 0 Å². The normalized spacial score (nSPS) is 12.4. The second kappa shape index (κ2) is 10.00. The molecule has 1 aromatic carbocycles. The van der Waals surface area contributed by atoms with E-state index in [9.17, 15) is 0 Å². The van der Waals surface area contributed by atoms with Crippen molar-refractivity contribution < 1.29 is 14.2 Å². The van der Waals surface area contributed by atoms with Gasteiger partial charge in [-0.2, -0.15) is 0 Å². The number of hydrogen-bond acceptors (Lipinski definition) is 4. The Labute approximate surface area is 126 Å². The molecule has 0 aliphatic rings. The van der Waals surface area contributed by atoms with E-state index in [0.717, 1.165) is 24.2 Å². The molecule has 0 saturated heterocycles. The Bertz CT molecular complexity index is 385. The summed E-state index contributed by atoms with van der Waals surface area (Å²) in [6.45, 7) is 4.41. The Morgan fingerprint density at radius 3 is 2.70 bits per heavy atom. The van der Waals surface area contributed by atoms with E-state index >= 15 is 0 Å². The number of nitrogens with two attached hydrogens (primary N) is 1. The van der Waals surface area contributed by atoms with Crippen LogP contribution < -0.4 is 10.5 Å². The van der Waals surface area contributed by atoms with Crippen LogP contribution in [-0.4, -0.2) is 39.6 Å². The zero-order chi connectivity index (χ0) is 14.8. The second-order valence-corrected chi connectivity index (χ2v) is 5.12. The number of rotatable bonds is 10. The lowest BCUT2D eigenvalue weighted by Crippen LogP contribution is -2.18. The fourth-order valence-corrected chi connectivity index (χ4v) is 2.05. The van der Waals surface area contributed by atoms with Crippen molar-refractivity contribution >= 4 is 11.6 Å². The smallest absolute Gasteiger partial charge is 0.141 e. The third-order valence-corrected chi connectivity index (χ3v) is 3.00. The van der Waals surface area contributed by atoms with E-state index in [2.05, 4.69) is 0 Å². The van der Waals surface area contributed by atoms with Crippen LogP contribution >= 0.6 is 11.6 Å². The monoisotopic (exact) mass is 301 g/mol. The first-order valence-corrected chi connectivity index (χ1v) is 7.25. The molecule has 1 unspecified atom stereocenters. The van der Waals surface area contributed by atoms with Gasteiger partial charge in [0, 0.05) is 26.2 Å². The summed E-state index contributed by atoms with van der Waals surface area (Å²) < 4.78 is 16.1. The Kier molecular flexibility index (Phi) is 8.62. The molecule has 1 aromatic rings. The van der Waals surface area contributed by atoms with Crippen molar-refractivity contribution in [2.24, 2.45) is 5.73 Å².